The number of aromatic nitrogens is 4. The van der Waals surface area contributed by atoms with Crippen LogP contribution >= 0.6 is 0 Å². The van der Waals surface area contributed by atoms with Crippen molar-refractivity contribution in [3.63, 3.8) is 0 Å². The summed E-state index contributed by atoms with van der Waals surface area (Å²) in [6, 6.07) is 5.13. The van der Waals surface area contributed by atoms with Crippen LogP contribution in [0.15, 0.2) is 18.2 Å². The highest BCUT2D eigenvalue weighted by molar-refractivity contribution is 5.56. The zero-order valence-electron chi connectivity index (χ0n) is 8.89. The summed E-state index contributed by atoms with van der Waals surface area (Å²) in [5, 5.41) is 11.1. The molecule has 0 amide bonds. The first-order valence-corrected chi connectivity index (χ1v) is 4.95. The van der Waals surface area contributed by atoms with Crippen molar-refractivity contribution in [2.45, 2.75) is 13.5 Å². The molecule has 6 heteroatoms. The number of rotatable bonds is 3. The fourth-order valence-corrected chi connectivity index (χ4v) is 1.49. The summed E-state index contributed by atoms with van der Waals surface area (Å²) < 4.78 is 15.3. The van der Waals surface area contributed by atoms with Gasteiger partial charge in [0.15, 0.2) is 5.82 Å². The van der Waals surface area contributed by atoms with Crippen molar-refractivity contribution >= 4 is 0 Å². The molecule has 0 bridgehead atoms. The molecule has 84 valence electrons. The Bertz CT molecular complexity index is 494. The van der Waals surface area contributed by atoms with Gasteiger partial charge >= 0.3 is 0 Å². The first kappa shape index (κ1) is 10.7. The first-order chi connectivity index (χ1) is 7.74. The SMILES string of the molecule is Cc1cccc(-c2nnnn2CCN)c1F. The highest BCUT2D eigenvalue weighted by Crippen LogP contribution is 2.21. The van der Waals surface area contributed by atoms with Crippen LogP contribution in [0.1, 0.15) is 5.56 Å². The zero-order chi connectivity index (χ0) is 11.5. The minimum atomic E-state index is -0.296. The third kappa shape index (κ3) is 1.79. The molecular weight excluding hydrogens is 209 g/mol. The molecule has 1 heterocycles. The monoisotopic (exact) mass is 221 g/mol. The quantitative estimate of drug-likeness (QED) is 0.830. The van der Waals surface area contributed by atoms with Gasteiger partial charge < -0.3 is 5.73 Å². The molecule has 2 aromatic rings. The van der Waals surface area contributed by atoms with Crippen molar-refractivity contribution in [2.24, 2.45) is 5.73 Å². The zero-order valence-corrected chi connectivity index (χ0v) is 8.89. The molecule has 0 saturated carbocycles. The molecular formula is C10H12FN5. The second kappa shape index (κ2) is 4.36. The smallest absolute Gasteiger partial charge is 0.185 e. The summed E-state index contributed by atoms with van der Waals surface area (Å²) in [4.78, 5) is 0. The standard InChI is InChI=1S/C10H12FN5/c1-7-3-2-4-8(9(7)11)10-13-14-15-16(10)6-5-12/h2-4H,5-6,12H2,1H3. The number of hydrogen-bond donors (Lipinski definition) is 1. The summed E-state index contributed by atoms with van der Waals surface area (Å²) in [7, 11) is 0. The molecule has 0 aliphatic carbocycles. The highest BCUT2D eigenvalue weighted by Gasteiger charge is 2.13. The lowest BCUT2D eigenvalue weighted by molar-refractivity contribution is 0.592. The van der Waals surface area contributed by atoms with Gasteiger partial charge in [-0.15, -0.1) is 5.10 Å². The molecule has 2 rings (SSSR count). The predicted octanol–water partition coefficient (Wildman–Crippen LogP) is 0.746. The number of nitrogens with two attached hydrogens (primary N) is 1. The van der Waals surface area contributed by atoms with Gasteiger partial charge in [-0.05, 0) is 29.0 Å². The average molecular weight is 221 g/mol. The number of nitrogens with zero attached hydrogens (tertiary/aromatic N) is 4. The van der Waals surface area contributed by atoms with E-state index in [4.69, 9.17) is 5.73 Å². The van der Waals surface area contributed by atoms with Crippen LogP contribution in [0.2, 0.25) is 0 Å². The summed E-state index contributed by atoms with van der Waals surface area (Å²) in [6.45, 7) is 2.58. The van der Waals surface area contributed by atoms with Crippen LogP contribution in [0.3, 0.4) is 0 Å². The van der Waals surface area contributed by atoms with Gasteiger partial charge in [0, 0.05) is 6.54 Å². The third-order valence-electron chi connectivity index (χ3n) is 2.31. The van der Waals surface area contributed by atoms with Gasteiger partial charge in [0.1, 0.15) is 5.82 Å². The molecule has 1 aromatic heterocycles. The molecule has 0 radical (unpaired) electrons. The number of hydrogen-bond acceptors (Lipinski definition) is 4. The van der Waals surface area contributed by atoms with Crippen LogP contribution in [0.25, 0.3) is 11.4 Å². The molecule has 0 atom stereocenters. The van der Waals surface area contributed by atoms with Crippen LogP contribution in [0.4, 0.5) is 4.39 Å². The number of halogens is 1. The van der Waals surface area contributed by atoms with Crippen molar-refractivity contribution in [1.82, 2.24) is 20.2 Å². The average Bonchev–Trinajstić information content (AvgIpc) is 2.71. The Labute approximate surface area is 92.1 Å². The van der Waals surface area contributed by atoms with E-state index in [2.05, 4.69) is 15.5 Å². The van der Waals surface area contributed by atoms with E-state index in [0.717, 1.165) is 0 Å². The normalized spacial score (nSPS) is 10.7. The molecule has 0 unspecified atom stereocenters. The maximum absolute atomic E-state index is 13.8. The van der Waals surface area contributed by atoms with Crippen LogP contribution in [0, 0.1) is 12.7 Å². The van der Waals surface area contributed by atoms with E-state index in [0.29, 0.717) is 30.0 Å². The summed E-state index contributed by atoms with van der Waals surface area (Å²) in [6.07, 6.45) is 0. The third-order valence-corrected chi connectivity index (χ3v) is 2.31. The lowest BCUT2D eigenvalue weighted by Gasteiger charge is -2.05. The topological polar surface area (TPSA) is 69.6 Å². The summed E-state index contributed by atoms with van der Waals surface area (Å²) in [5.41, 5.74) is 6.40. The van der Waals surface area contributed by atoms with E-state index in [1.165, 1.54) is 4.68 Å². The fourth-order valence-electron chi connectivity index (χ4n) is 1.49. The van der Waals surface area contributed by atoms with E-state index in [1.807, 2.05) is 0 Å². The number of benzene rings is 1. The molecule has 0 aliphatic heterocycles. The minimum Gasteiger partial charge on any atom is -0.329 e. The Morgan fingerprint density at radius 1 is 1.44 bits per heavy atom. The van der Waals surface area contributed by atoms with E-state index >= 15 is 0 Å². The Kier molecular flexibility index (Phi) is 2.91. The molecule has 0 spiro atoms. The van der Waals surface area contributed by atoms with Crippen molar-refractivity contribution < 1.29 is 4.39 Å². The largest absolute Gasteiger partial charge is 0.329 e. The van der Waals surface area contributed by atoms with Crippen LogP contribution in [-0.4, -0.2) is 26.8 Å². The van der Waals surface area contributed by atoms with Gasteiger partial charge in [-0.3, -0.25) is 0 Å². The number of aryl methyl sites for hydroxylation is 1. The molecule has 0 saturated heterocycles. The minimum absolute atomic E-state index is 0.296. The van der Waals surface area contributed by atoms with Gasteiger partial charge in [0.2, 0.25) is 0 Å². The van der Waals surface area contributed by atoms with Crippen molar-refractivity contribution in [2.75, 3.05) is 6.54 Å². The number of tetrazole rings is 1. The lowest BCUT2D eigenvalue weighted by Crippen LogP contribution is -2.12. The van der Waals surface area contributed by atoms with Gasteiger partial charge in [-0.1, -0.05) is 12.1 Å². The van der Waals surface area contributed by atoms with Crippen LogP contribution in [0.5, 0.6) is 0 Å². The second-order valence-electron chi connectivity index (χ2n) is 3.45. The van der Waals surface area contributed by atoms with E-state index in [-0.39, 0.29) is 5.82 Å². The van der Waals surface area contributed by atoms with Gasteiger partial charge in [-0.2, -0.15) is 0 Å². The Hall–Kier alpha value is -1.82. The molecule has 1 aromatic carbocycles. The van der Waals surface area contributed by atoms with Crippen molar-refractivity contribution in [1.29, 1.82) is 0 Å². The maximum Gasteiger partial charge on any atom is 0.185 e. The van der Waals surface area contributed by atoms with Crippen LogP contribution in [-0.2, 0) is 6.54 Å². The summed E-state index contributed by atoms with van der Waals surface area (Å²) in [5.74, 6) is 0.113. The van der Waals surface area contributed by atoms with Gasteiger partial charge in [0.25, 0.3) is 0 Å². The lowest BCUT2D eigenvalue weighted by atomic mass is 10.1. The molecule has 0 fully saturated rings. The van der Waals surface area contributed by atoms with Gasteiger partial charge in [0.05, 0.1) is 12.1 Å². The molecule has 16 heavy (non-hydrogen) atoms. The summed E-state index contributed by atoms with van der Waals surface area (Å²) >= 11 is 0. The van der Waals surface area contributed by atoms with Crippen LogP contribution < -0.4 is 5.73 Å². The van der Waals surface area contributed by atoms with Crippen molar-refractivity contribution in [3.8, 4) is 11.4 Å². The fraction of sp³-hybridized carbons (Fsp3) is 0.300. The Morgan fingerprint density at radius 2 is 2.25 bits per heavy atom. The van der Waals surface area contributed by atoms with Crippen molar-refractivity contribution in [3.05, 3.63) is 29.6 Å². The highest BCUT2D eigenvalue weighted by atomic mass is 19.1. The Balaban J connectivity index is 2.50. The molecule has 5 nitrogen and oxygen atoms in total. The Morgan fingerprint density at radius 3 is 3.00 bits per heavy atom. The van der Waals surface area contributed by atoms with E-state index < -0.39 is 0 Å². The van der Waals surface area contributed by atoms with Gasteiger partial charge in [-0.25, -0.2) is 9.07 Å². The maximum atomic E-state index is 13.8. The first-order valence-electron chi connectivity index (χ1n) is 4.95. The molecule has 2 N–H and O–H groups in total. The molecule has 0 aliphatic rings. The second-order valence-corrected chi connectivity index (χ2v) is 3.45. The predicted molar refractivity (Wildman–Crippen MR) is 57.0 cm³/mol. The van der Waals surface area contributed by atoms with E-state index in [9.17, 15) is 4.39 Å². The van der Waals surface area contributed by atoms with E-state index in [1.54, 1.807) is 25.1 Å².